The van der Waals surface area contributed by atoms with Gasteiger partial charge < -0.3 is 10.3 Å². The highest BCUT2D eigenvalue weighted by molar-refractivity contribution is 5.54. The second kappa shape index (κ2) is 2.65. The second-order valence-electron chi connectivity index (χ2n) is 2.33. The van der Waals surface area contributed by atoms with Crippen LogP contribution in [0, 0.1) is 0 Å². The number of aromatic nitrogens is 2. The second-order valence-corrected chi connectivity index (χ2v) is 2.33. The van der Waals surface area contributed by atoms with E-state index in [0.717, 1.165) is 5.69 Å². The Morgan fingerprint density at radius 3 is 2.83 bits per heavy atom. The van der Waals surface area contributed by atoms with Gasteiger partial charge in [0.25, 0.3) is 0 Å². The standard InChI is InChI=1S/C8H7N3O/c9-8-5-7(12-11-8)6-3-1-2-4-10-6/h1-5H,(H2,9,11). The van der Waals surface area contributed by atoms with Crippen molar-refractivity contribution in [2.24, 2.45) is 0 Å². The summed E-state index contributed by atoms with van der Waals surface area (Å²) < 4.78 is 4.91. The van der Waals surface area contributed by atoms with Crippen LogP contribution in [0.4, 0.5) is 5.82 Å². The van der Waals surface area contributed by atoms with E-state index in [0.29, 0.717) is 11.6 Å². The zero-order valence-corrected chi connectivity index (χ0v) is 6.27. The lowest BCUT2D eigenvalue weighted by Crippen LogP contribution is -1.80. The number of hydrogen-bond donors (Lipinski definition) is 1. The molecule has 0 atom stereocenters. The molecule has 0 amide bonds. The first kappa shape index (κ1) is 6.84. The van der Waals surface area contributed by atoms with Crippen LogP contribution < -0.4 is 5.73 Å². The molecule has 60 valence electrons. The molecule has 4 nitrogen and oxygen atoms in total. The van der Waals surface area contributed by atoms with Crippen LogP contribution >= 0.6 is 0 Å². The van der Waals surface area contributed by atoms with Crippen LogP contribution in [-0.4, -0.2) is 10.1 Å². The number of anilines is 1. The third kappa shape index (κ3) is 1.14. The number of hydrogen-bond acceptors (Lipinski definition) is 4. The van der Waals surface area contributed by atoms with Crippen LogP contribution in [0.2, 0.25) is 0 Å². The van der Waals surface area contributed by atoms with Gasteiger partial charge in [-0.05, 0) is 12.1 Å². The van der Waals surface area contributed by atoms with E-state index in [1.807, 2.05) is 18.2 Å². The molecule has 2 aromatic rings. The Labute approximate surface area is 69.0 Å². The van der Waals surface area contributed by atoms with E-state index in [1.54, 1.807) is 12.3 Å². The van der Waals surface area contributed by atoms with E-state index in [2.05, 4.69) is 10.1 Å². The minimum atomic E-state index is 0.371. The molecule has 2 heterocycles. The van der Waals surface area contributed by atoms with Crippen LogP contribution in [-0.2, 0) is 0 Å². The summed E-state index contributed by atoms with van der Waals surface area (Å²) in [7, 11) is 0. The summed E-state index contributed by atoms with van der Waals surface area (Å²) in [6.07, 6.45) is 1.69. The SMILES string of the molecule is Nc1cc(-c2ccccn2)on1. The van der Waals surface area contributed by atoms with Gasteiger partial charge in [-0.2, -0.15) is 0 Å². The molecule has 12 heavy (non-hydrogen) atoms. The highest BCUT2D eigenvalue weighted by atomic mass is 16.5. The molecule has 2 aromatic heterocycles. The average molecular weight is 161 g/mol. The zero-order valence-electron chi connectivity index (χ0n) is 6.27. The van der Waals surface area contributed by atoms with Gasteiger partial charge in [-0.1, -0.05) is 11.2 Å². The average Bonchev–Trinajstić information content (AvgIpc) is 2.54. The van der Waals surface area contributed by atoms with Crippen molar-refractivity contribution >= 4 is 5.82 Å². The molecule has 0 unspecified atom stereocenters. The maximum absolute atomic E-state index is 5.38. The number of rotatable bonds is 1. The Kier molecular flexibility index (Phi) is 1.51. The topological polar surface area (TPSA) is 64.9 Å². The zero-order chi connectivity index (χ0) is 8.39. The van der Waals surface area contributed by atoms with Gasteiger partial charge in [-0.15, -0.1) is 0 Å². The van der Waals surface area contributed by atoms with Crippen molar-refractivity contribution in [2.75, 3.05) is 5.73 Å². The fourth-order valence-corrected chi connectivity index (χ4v) is 0.918. The predicted octanol–water partition coefficient (Wildman–Crippen LogP) is 1.32. The Morgan fingerprint density at radius 2 is 2.25 bits per heavy atom. The van der Waals surface area contributed by atoms with E-state index >= 15 is 0 Å². The normalized spacial score (nSPS) is 10.0. The molecule has 2 N–H and O–H groups in total. The molecule has 0 fully saturated rings. The van der Waals surface area contributed by atoms with Gasteiger partial charge in [0.05, 0.1) is 0 Å². The molecule has 0 saturated carbocycles. The van der Waals surface area contributed by atoms with E-state index < -0.39 is 0 Å². The summed E-state index contributed by atoms with van der Waals surface area (Å²) in [4.78, 5) is 4.07. The molecular formula is C8H7N3O. The molecule has 0 aliphatic rings. The first-order valence-electron chi connectivity index (χ1n) is 3.50. The predicted molar refractivity (Wildman–Crippen MR) is 44.1 cm³/mol. The van der Waals surface area contributed by atoms with Crippen molar-refractivity contribution in [1.82, 2.24) is 10.1 Å². The van der Waals surface area contributed by atoms with Gasteiger partial charge in [0.15, 0.2) is 11.6 Å². The highest BCUT2D eigenvalue weighted by Gasteiger charge is 2.03. The van der Waals surface area contributed by atoms with Gasteiger partial charge in [0.1, 0.15) is 5.69 Å². The van der Waals surface area contributed by atoms with Crippen LogP contribution in [0.3, 0.4) is 0 Å². The molecule has 0 radical (unpaired) electrons. The highest BCUT2D eigenvalue weighted by Crippen LogP contribution is 2.17. The molecule has 4 heteroatoms. The van der Waals surface area contributed by atoms with Crippen molar-refractivity contribution in [3.05, 3.63) is 30.5 Å². The first-order chi connectivity index (χ1) is 5.86. The molecule has 2 rings (SSSR count). The third-order valence-corrected chi connectivity index (χ3v) is 1.45. The quantitative estimate of drug-likeness (QED) is 0.685. The summed E-state index contributed by atoms with van der Waals surface area (Å²) in [5.41, 5.74) is 6.12. The molecule has 0 bridgehead atoms. The smallest absolute Gasteiger partial charge is 0.187 e. The maximum Gasteiger partial charge on any atom is 0.187 e. The van der Waals surface area contributed by atoms with Gasteiger partial charge in [-0.25, -0.2) is 0 Å². The minimum absolute atomic E-state index is 0.371. The monoisotopic (exact) mass is 161 g/mol. The Balaban J connectivity index is 2.45. The summed E-state index contributed by atoms with van der Waals surface area (Å²) in [5, 5.41) is 3.56. The van der Waals surface area contributed by atoms with Gasteiger partial charge in [-0.3, -0.25) is 4.98 Å². The molecule has 0 saturated heterocycles. The lowest BCUT2D eigenvalue weighted by molar-refractivity contribution is 0.434. The minimum Gasteiger partial charge on any atom is -0.381 e. The molecule has 0 aliphatic heterocycles. The third-order valence-electron chi connectivity index (χ3n) is 1.45. The van der Waals surface area contributed by atoms with E-state index in [-0.39, 0.29) is 0 Å². The number of nitrogen functional groups attached to an aromatic ring is 1. The largest absolute Gasteiger partial charge is 0.381 e. The lowest BCUT2D eigenvalue weighted by atomic mass is 10.3. The summed E-state index contributed by atoms with van der Waals surface area (Å²) in [5.74, 6) is 0.962. The van der Waals surface area contributed by atoms with Gasteiger partial charge in [0.2, 0.25) is 0 Å². The lowest BCUT2D eigenvalue weighted by Gasteiger charge is -1.89. The fraction of sp³-hybridized carbons (Fsp3) is 0. The summed E-state index contributed by atoms with van der Waals surface area (Å²) >= 11 is 0. The maximum atomic E-state index is 5.38. The van der Waals surface area contributed by atoms with Crippen molar-refractivity contribution in [3.63, 3.8) is 0 Å². The number of nitrogens with two attached hydrogens (primary N) is 1. The van der Waals surface area contributed by atoms with Gasteiger partial charge in [0, 0.05) is 12.3 Å². The van der Waals surface area contributed by atoms with Crippen molar-refractivity contribution < 1.29 is 4.52 Å². The van der Waals surface area contributed by atoms with E-state index in [1.165, 1.54) is 0 Å². The first-order valence-corrected chi connectivity index (χ1v) is 3.50. The van der Waals surface area contributed by atoms with Gasteiger partial charge >= 0.3 is 0 Å². The summed E-state index contributed by atoms with van der Waals surface area (Å²) in [6, 6.07) is 7.19. The van der Waals surface area contributed by atoms with Crippen LogP contribution in [0.1, 0.15) is 0 Å². The molecule has 0 aliphatic carbocycles. The number of pyridine rings is 1. The van der Waals surface area contributed by atoms with Crippen LogP contribution in [0.5, 0.6) is 0 Å². The van der Waals surface area contributed by atoms with Crippen molar-refractivity contribution in [2.45, 2.75) is 0 Å². The molecule has 0 aromatic carbocycles. The van der Waals surface area contributed by atoms with Crippen LogP contribution in [0.25, 0.3) is 11.5 Å². The van der Waals surface area contributed by atoms with Crippen molar-refractivity contribution in [1.29, 1.82) is 0 Å². The molecule has 0 spiro atoms. The number of nitrogens with zero attached hydrogens (tertiary/aromatic N) is 2. The fourth-order valence-electron chi connectivity index (χ4n) is 0.918. The molecular weight excluding hydrogens is 154 g/mol. The summed E-state index contributed by atoms with van der Waals surface area (Å²) in [6.45, 7) is 0. The van der Waals surface area contributed by atoms with E-state index in [9.17, 15) is 0 Å². The Bertz CT molecular complexity index is 369. The Hall–Kier alpha value is -1.84. The Morgan fingerprint density at radius 1 is 1.33 bits per heavy atom. The van der Waals surface area contributed by atoms with Crippen molar-refractivity contribution in [3.8, 4) is 11.5 Å². The van der Waals surface area contributed by atoms with E-state index in [4.69, 9.17) is 10.3 Å². The van der Waals surface area contributed by atoms with Crippen LogP contribution in [0.15, 0.2) is 35.0 Å².